The Morgan fingerprint density at radius 3 is 2.70 bits per heavy atom. The van der Waals surface area contributed by atoms with Gasteiger partial charge in [0, 0.05) is 43.2 Å². The smallest absolute Gasteiger partial charge is 0.277 e. The molecule has 2 aromatic heterocycles. The molecule has 1 aliphatic heterocycles. The number of aryl methyl sites for hydroxylation is 1. The first-order valence-electron chi connectivity index (χ1n) is 8.37. The van der Waals surface area contributed by atoms with Gasteiger partial charge < -0.3 is 15.5 Å². The first-order chi connectivity index (χ1) is 12.9. The van der Waals surface area contributed by atoms with Gasteiger partial charge in [0.25, 0.3) is 5.91 Å². The average Bonchev–Trinajstić information content (AvgIpc) is 3.05. The van der Waals surface area contributed by atoms with Gasteiger partial charge in [-0.2, -0.15) is 5.10 Å². The number of nitrogens with zero attached hydrogens (tertiary/aromatic N) is 4. The molecule has 0 bridgehead atoms. The summed E-state index contributed by atoms with van der Waals surface area (Å²) < 4.78 is 17.3. The maximum absolute atomic E-state index is 12.1. The van der Waals surface area contributed by atoms with Crippen LogP contribution >= 0.6 is 11.8 Å². The summed E-state index contributed by atoms with van der Waals surface area (Å²) >= 11 is 1.46. The van der Waals surface area contributed by atoms with Crippen molar-refractivity contribution >= 4 is 28.5 Å². The van der Waals surface area contributed by atoms with Crippen molar-refractivity contribution in [1.29, 1.82) is 0 Å². The molecule has 0 aliphatic carbocycles. The molecule has 1 aliphatic rings. The number of anilines is 1. The lowest BCUT2D eigenvalue weighted by atomic mass is 10.1. The van der Waals surface area contributed by atoms with E-state index >= 15 is 0 Å². The second-order valence-electron chi connectivity index (χ2n) is 5.93. The number of carbonyl (C=O) groups excluding carboxylic acids is 1. The molecule has 0 radical (unpaired) electrons. The van der Waals surface area contributed by atoms with E-state index in [0.717, 1.165) is 5.75 Å². The number of oxazole rings is 1. The molecule has 0 saturated heterocycles. The number of hydrazone groups is 1. The number of halogens is 1. The minimum atomic E-state index is -0.540. The number of rotatable bonds is 4. The lowest BCUT2D eigenvalue weighted by Gasteiger charge is -2.18. The summed E-state index contributed by atoms with van der Waals surface area (Å²) in [6.45, 7) is 5.77. The third-order valence-electron chi connectivity index (χ3n) is 3.42. The topological polar surface area (TPSA) is 110 Å². The van der Waals surface area contributed by atoms with Crippen molar-refractivity contribution < 1.29 is 13.6 Å². The molecular formula is C17H23FN6O2S. The highest BCUT2D eigenvalue weighted by Gasteiger charge is 2.20. The normalized spacial score (nSPS) is 13.7. The number of aromatic nitrogens is 2. The fourth-order valence-corrected chi connectivity index (χ4v) is 2.87. The Labute approximate surface area is 161 Å². The number of hydrogen-bond acceptors (Lipinski definition) is 8. The molecule has 0 fully saturated rings. The van der Waals surface area contributed by atoms with Crippen LogP contribution in [-0.4, -0.2) is 45.1 Å². The Morgan fingerprint density at radius 1 is 1.44 bits per heavy atom. The highest BCUT2D eigenvalue weighted by atomic mass is 32.2. The fraction of sp³-hybridized carbons (Fsp3) is 0.412. The third kappa shape index (κ3) is 6.24. The van der Waals surface area contributed by atoms with Crippen LogP contribution in [0.5, 0.6) is 0 Å². The second-order valence-corrected chi connectivity index (χ2v) is 7.04. The van der Waals surface area contributed by atoms with Crippen LogP contribution in [0.4, 0.5) is 10.1 Å². The number of hydrogen-bond donors (Lipinski definition) is 2. The zero-order valence-electron chi connectivity index (χ0n) is 15.5. The Morgan fingerprint density at radius 2 is 2.15 bits per heavy atom. The van der Waals surface area contributed by atoms with Crippen molar-refractivity contribution in [2.24, 2.45) is 10.8 Å². The van der Waals surface area contributed by atoms with Gasteiger partial charge in [-0.25, -0.2) is 9.37 Å². The summed E-state index contributed by atoms with van der Waals surface area (Å²) in [4.78, 5) is 20.1. The van der Waals surface area contributed by atoms with Gasteiger partial charge in [-0.05, 0) is 12.1 Å². The SMILES string of the molecule is Cc1nc(C(=O)Nc2ccncc2)c(C(C)C)o1.NC1=NN(CF)CCS1. The molecule has 0 unspecified atom stereocenters. The molecule has 10 heteroatoms. The predicted molar refractivity (Wildman–Crippen MR) is 104 cm³/mol. The molecule has 1 amide bonds. The first-order valence-corrected chi connectivity index (χ1v) is 9.35. The van der Waals surface area contributed by atoms with Crippen molar-refractivity contribution in [2.45, 2.75) is 26.7 Å². The van der Waals surface area contributed by atoms with E-state index in [0.29, 0.717) is 34.7 Å². The largest absolute Gasteiger partial charge is 0.445 e. The van der Waals surface area contributed by atoms with Gasteiger partial charge >= 0.3 is 0 Å². The molecule has 8 nitrogen and oxygen atoms in total. The summed E-state index contributed by atoms with van der Waals surface area (Å²) in [5.41, 5.74) is 6.34. The van der Waals surface area contributed by atoms with E-state index in [-0.39, 0.29) is 11.8 Å². The second kappa shape index (κ2) is 9.91. The van der Waals surface area contributed by atoms with Crippen molar-refractivity contribution in [1.82, 2.24) is 15.0 Å². The van der Waals surface area contributed by atoms with Gasteiger partial charge in [-0.15, -0.1) is 0 Å². The van der Waals surface area contributed by atoms with Crippen LogP contribution in [-0.2, 0) is 0 Å². The van der Waals surface area contributed by atoms with Gasteiger partial charge in [-0.3, -0.25) is 14.8 Å². The molecule has 2 aromatic rings. The molecule has 3 N–H and O–H groups in total. The molecule has 146 valence electrons. The first kappa shape index (κ1) is 20.7. The standard InChI is InChI=1S/C13H15N3O2.C4H8FN3S/c1-8(2)12-11(15-9(3)18-12)13(17)16-10-4-6-14-7-5-10;5-3-8-1-2-9-4(6)7-8/h4-8H,1-3H3,(H,14,16,17);1-3H2,(H2,6,7). The van der Waals surface area contributed by atoms with Crippen molar-refractivity contribution in [2.75, 3.05) is 24.4 Å². The Bertz CT molecular complexity index is 781. The summed E-state index contributed by atoms with van der Waals surface area (Å²) in [5, 5.41) is 8.25. The fourth-order valence-electron chi connectivity index (χ4n) is 2.18. The maximum Gasteiger partial charge on any atom is 0.277 e. The lowest BCUT2D eigenvalue weighted by Crippen LogP contribution is -2.28. The highest BCUT2D eigenvalue weighted by molar-refractivity contribution is 8.13. The number of pyridine rings is 1. The van der Waals surface area contributed by atoms with E-state index in [9.17, 15) is 9.18 Å². The van der Waals surface area contributed by atoms with Crippen LogP contribution in [0.2, 0.25) is 0 Å². The summed E-state index contributed by atoms with van der Waals surface area (Å²) in [6, 6.07) is 3.44. The molecule has 3 heterocycles. The van der Waals surface area contributed by atoms with Crippen molar-refractivity contribution in [3.63, 3.8) is 0 Å². The van der Waals surface area contributed by atoms with Crippen LogP contribution in [0.15, 0.2) is 34.0 Å². The van der Waals surface area contributed by atoms with Crippen molar-refractivity contribution in [3.8, 4) is 0 Å². The van der Waals surface area contributed by atoms with E-state index in [4.69, 9.17) is 10.2 Å². The van der Waals surface area contributed by atoms with E-state index in [2.05, 4.69) is 20.4 Å². The number of nitrogens with two attached hydrogens (primary N) is 1. The van der Waals surface area contributed by atoms with Gasteiger partial charge in [0.2, 0.25) is 0 Å². The van der Waals surface area contributed by atoms with Crippen LogP contribution in [0.1, 0.15) is 41.9 Å². The van der Waals surface area contributed by atoms with Gasteiger partial charge in [0.1, 0.15) is 5.76 Å². The third-order valence-corrected chi connectivity index (χ3v) is 4.18. The van der Waals surface area contributed by atoms with Gasteiger partial charge in [-0.1, -0.05) is 25.6 Å². The quantitative estimate of drug-likeness (QED) is 0.767. The molecule has 0 spiro atoms. The number of carbonyl (C=O) groups is 1. The van der Waals surface area contributed by atoms with E-state index < -0.39 is 6.80 Å². The maximum atomic E-state index is 12.1. The highest BCUT2D eigenvalue weighted by Crippen LogP contribution is 2.21. The van der Waals surface area contributed by atoms with Crippen LogP contribution in [0.3, 0.4) is 0 Å². The Hall–Kier alpha value is -2.62. The summed E-state index contributed by atoms with van der Waals surface area (Å²) in [7, 11) is 0. The Kier molecular flexibility index (Phi) is 7.59. The zero-order valence-corrected chi connectivity index (χ0v) is 16.3. The molecule has 3 rings (SSSR count). The van der Waals surface area contributed by atoms with Gasteiger partial charge in [0.15, 0.2) is 23.6 Å². The van der Waals surface area contributed by atoms with E-state index in [1.54, 1.807) is 31.5 Å². The number of amidine groups is 1. The van der Waals surface area contributed by atoms with E-state index in [1.165, 1.54) is 16.8 Å². The molecule has 0 aromatic carbocycles. The van der Waals surface area contributed by atoms with Crippen LogP contribution in [0.25, 0.3) is 0 Å². The molecular weight excluding hydrogens is 371 g/mol. The zero-order chi connectivity index (χ0) is 19.8. The number of alkyl halides is 1. The van der Waals surface area contributed by atoms with Crippen LogP contribution in [0, 0.1) is 6.92 Å². The summed E-state index contributed by atoms with van der Waals surface area (Å²) in [5.74, 6) is 1.79. The number of nitrogens with one attached hydrogen (secondary N) is 1. The molecule has 0 atom stereocenters. The molecule has 0 saturated carbocycles. The van der Waals surface area contributed by atoms with Gasteiger partial charge in [0.05, 0.1) is 0 Å². The molecule has 27 heavy (non-hydrogen) atoms. The van der Waals surface area contributed by atoms with Crippen LogP contribution < -0.4 is 11.1 Å². The monoisotopic (exact) mass is 394 g/mol. The minimum absolute atomic E-state index is 0.115. The predicted octanol–water partition coefficient (Wildman–Crippen LogP) is 2.95. The van der Waals surface area contributed by atoms with E-state index in [1.807, 2.05) is 13.8 Å². The number of amides is 1. The van der Waals surface area contributed by atoms with Crippen molar-refractivity contribution in [3.05, 3.63) is 41.9 Å². The minimum Gasteiger partial charge on any atom is -0.445 e. The number of thioether (sulfide) groups is 1. The summed E-state index contributed by atoms with van der Waals surface area (Å²) in [6.07, 6.45) is 3.24. The average molecular weight is 394 g/mol. The lowest BCUT2D eigenvalue weighted by molar-refractivity contribution is 0.102. The Balaban J connectivity index is 0.000000244.